The third-order valence-electron chi connectivity index (χ3n) is 1.84. The molecule has 0 aliphatic rings. The molecule has 90 valence electrons. The number of nitriles is 1. The van der Waals surface area contributed by atoms with E-state index in [-0.39, 0.29) is 12.6 Å². The quantitative estimate of drug-likeness (QED) is 0.456. The molecule has 0 aliphatic carbocycles. The Morgan fingerprint density at radius 1 is 1.47 bits per heavy atom. The lowest BCUT2D eigenvalue weighted by molar-refractivity contribution is -0.136. The van der Waals surface area contributed by atoms with Crippen molar-refractivity contribution in [1.82, 2.24) is 5.09 Å². The maximum Gasteiger partial charge on any atom is 0.350 e. The molecule has 1 aromatic rings. The zero-order chi connectivity index (χ0) is 12.7. The fourth-order valence-corrected chi connectivity index (χ4v) is 2.44. The van der Waals surface area contributed by atoms with Crippen LogP contribution in [0.5, 0.6) is 5.75 Å². The van der Waals surface area contributed by atoms with Gasteiger partial charge in [-0.25, -0.2) is 5.09 Å². The van der Waals surface area contributed by atoms with Gasteiger partial charge in [0, 0.05) is 0 Å². The summed E-state index contributed by atoms with van der Waals surface area (Å²) in [6.45, 7) is 0. The van der Waals surface area contributed by atoms with Crippen molar-refractivity contribution in [1.29, 1.82) is 5.26 Å². The van der Waals surface area contributed by atoms with E-state index in [1.807, 2.05) is 5.09 Å². The molecule has 0 radical (unpaired) electrons. The van der Waals surface area contributed by atoms with E-state index in [1.165, 1.54) is 6.19 Å². The number of nitrogens with one attached hydrogen (secondary N) is 1. The Hall–Kier alpha value is -1.99. The van der Waals surface area contributed by atoms with Gasteiger partial charge in [0.15, 0.2) is 6.19 Å². The van der Waals surface area contributed by atoms with Crippen molar-refractivity contribution >= 4 is 13.5 Å². The van der Waals surface area contributed by atoms with E-state index in [0.717, 1.165) is 0 Å². The minimum absolute atomic E-state index is 0.245. The van der Waals surface area contributed by atoms with Crippen LogP contribution in [0.3, 0.4) is 0 Å². The second-order valence-electron chi connectivity index (χ2n) is 3.17. The summed E-state index contributed by atoms with van der Waals surface area (Å²) in [6, 6.07) is 8.28. The predicted octanol–water partition coefficient (Wildman–Crippen LogP) is 1.80. The molecular formula is C10H11N2O4P. The molecule has 0 fully saturated rings. The summed E-state index contributed by atoms with van der Waals surface area (Å²) in [6.07, 6.45) is 0.941. The number of para-hydroxylation sites is 1. The molecule has 2 N–H and O–H groups in total. The first kappa shape index (κ1) is 13.1. The molecule has 1 aromatic carbocycles. The zero-order valence-electron chi connectivity index (χ0n) is 8.87. The second kappa shape index (κ2) is 5.92. The van der Waals surface area contributed by atoms with Crippen LogP contribution in [0.15, 0.2) is 30.3 Å². The number of rotatable bonds is 6. The SMILES string of the molecule is N#CNP(=O)(CCC(=O)O)Oc1ccccc1. The molecule has 0 bridgehead atoms. The Bertz CT molecular complexity index is 469. The second-order valence-corrected chi connectivity index (χ2v) is 5.37. The van der Waals surface area contributed by atoms with Crippen molar-refractivity contribution in [2.45, 2.75) is 6.42 Å². The zero-order valence-corrected chi connectivity index (χ0v) is 9.76. The topological polar surface area (TPSA) is 99.4 Å². The molecule has 0 saturated heterocycles. The maximum absolute atomic E-state index is 12.1. The van der Waals surface area contributed by atoms with Crippen molar-refractivity contribution in [3.05, 3.63) is 30.3 Å². The van der Waals surface area contributed by atoms with Crippen molar-refractivity contribution in [2.24, 2.45) is 0 Å². The Morgan fingerprint density at radius 3 is 2.65 bits per heavy atom. The fourth-order valence-electron chi connectivity index (χ4n) is 1.10. The van der Waals surface area contributed by atoms with E-state index < -0.39 is 13.5 Å². The molecule has 1 unspecified atom stereocenters. The molecule has 0 aliphatic heterocycles. The van der Waals surface area contributed by atoms with Gasteiger partial charge in [0.25, 0.3) is 0 Å². The lowest BCUT2D eigenvalue weighted by Crippen LogP contribution is -2.14. The minimum atomic E-state index is -3.49. The number of carboxylic acids is 1. The highest BCUT2D eigenvalue weighted by atomic mass is 31.2. The molecule has 1 rings (SSSR count). The average Bonchev–Trinajstić information content (AvgIpc) is 2.28. The molecule has 17 heavy (non-hydrogen) atoms. The number of carboxylic acid groups (broad SMARTS) is 1. The highest BCUT2D eigenvalue weighted by Crippen LogP contribution is 2.43. The standard InChI is InChI=1S/C10H11N2O4P/c11-8-12-17(15,7-6-10(13)14)16-9-4-2-1-3-5-9/h1-5H,6-7H2,(H,12,15)(H,13,14). The minimum Gasteiger partial charge on any atom is -0.481 e. The van der Waals surface area contributed by atoms with Gasteiger partial charge in [0.05, 0.1) is 12.6 Å². The first-order valence-electron chi connectivity index (χ1n) is 4.77. The van der Waals surface area contributed by atoms with Crippen LogP contribution in [0.4, 0.5) is 0 Å². The largest absolute Gasteiger partial charge is 0.481 e. The van der Waals surface area contributed by atoms with Gasteiger partial charge in [0.2, 0.25) is 0 Å². The van der Waals surface area contributed by atoms with Gasteiger partial charge in [0.1, 0.15) is 5.75 Å². The summed E-state index contributed by atoms with van der Waals surface area (Å²) in [7, 11) is -3.49. The van der Waals surface area contributed by atoms with Crippen molar-refractivity contribution in [2.75, 3.05) is 6.16 Å². The van der Waals surface area contributed by atoms with Gasteiger partial charge < -0.3 is 9.63 Å². The van der Waals surface area contributed by atoms with E-state index in [2.05, 4.69) is 0 Å². The third kappa shape index (κ3) is 4.58. The highest BCUT2D eigenvalue weighted by Gasteiger charge is 2.25. The summed E-state index contributed by atoms with van der Waals surface area (Å²) in [5.41, 5.74) is 0. The normalized spacial score (nSPS) is 13.1. The molecule has 0 aromatic heterocycles. The van der Waals surface area contributed by atoms with E-state index in [0.29, 0.717) is 5.75 Å². The van der Waals surface area contributed by atoms with E-state index in [1.54, 1.807) is 30.3 Å². The van der Waals surface area contributed by atoms with Crippen LogP contribution in [0.2, 0.25) is 0 Å². The van der Waals surface area contributed by atoms with Gasteiger partial charge in [-0.3, -0.25) is 9.36 Å². The molecule has 0 saturated carbocycles. The van der Waals surface area contributed by atoms with Crippen LogP contribution in [0.1, 0.15) is 6.42 Å². The molecular weight excluding hydrogens is 243 g/mol. The molecule has 0 amide bonds. The van der Waals surface area contributed by atoms with Crippen LogP contribution in [0.25, 0.3) is 0 Å². The summed E-state index contributed by atoms with van der Waals surface area (Å²) < 4.78 is 17.2. The maximum atomic E-state index is 12.1. The van der Waals surface area contributed by atoms with Crippen molar-refractivity contribution in [3.63, 3.8) is 0 Å². The van der Waals surface area contributed by atoms with E-state index in [9.17, 15) is 9.36 Å². The smallest absolute Gasteiger partial charge is 0.350 e. The number of carbonyl (C=O) groups is 1. The molecule has 7 heteroatoms. The first-order chi connectivity index (χ1) is 8.06. The Labute approximate surface area is 98.3 Å². The lowest BCUT2D eigenvalue weighted by atomic mass is 10.3. The Kier molecular flexibility index (Phi) is 4.56. The summed E-state index contributed by atoms with van der Waals surface area (Å²) >= 11 is 0. The first-order valence-corrected chi connectivity index (χ1v) is 6.58. The fraction of sp³-hybridized carbons (Fsp3) is 0.200. The lowest BCUT2D eigenvalue weighted by Gasteiger charge is -2.16. The number of nitrogens with zero attached hydrogens (tertiary/aromatic N) is 1. The summed E-state index contributed by atoms with van der Waals surface area (Å²) in [4.78, 5) is 10.4. The number of aliphatic carboxylic acids is 1. The van der Waals surface area contributed by atoms with Crippen LogP contribution in [0, 0.1) is 11.5 Å². The number of benzene rings is 1. The summed E-state index contributed by atoms with van der Waals surface area (Å²) in [5, 5.41) is 19.0. The van der Waals surface area contributed by atoms with Gasteiger partial charge >= 0.3 is 13.5 Å². The number of hydrogen-bond donors (Lipinski definition) is 2. The van der Waals surface area contributed by atoms with Gasteiger partial charge in [-0.15, -0.1) is 0 Å². The average molecular weight is 254 g/mol. The van der Waals surface area contributed by atoms with Gasteiger partial charge in [-0.05, 0) is 12.1 Å². The highest BCUT2D eigenvalue weighted by molar-refractivity contribution is 7.57. The van der Waals surface area contributed by atoms with Gasteiger partial charge in [-0.1, -0.05) is 18.2 Å². The molecule has 0 spiro atoms. The Morgan fingerprint density at radius 2 is 2.12 bits per heavy atom. The number of hydrogen-bond acceptors (Lipinski definition) is 4. The van der Waals surface area contributed by atoms with Crippen LogP contribution >= 0.6 is 7.52 Å². The van der Waals surface area contributed by atoms with Crippen molar-refractivity contribution in [3.8, 4) is 11.9 Å². The molecule has 0 heterocycles. The molecule has 1 atom stereocenters. The monoisotopic (exact) mass is 254 g/mol. The third-order valence-corrected chi connectivity index (χ3v) is 3.60. The van der Waals surface area contributed by atoms with Crippen LogP contribution in [-0.2, 0) is 9.36 Å². The predicted molar refractivity (Wildman–Crippen MR) is 60.5 cm³/mol. The van der Waals surface area contributed by atoms with Crippen molar-refractivity contribution < 1.29 is 19.0 Å². The van der Waals surface area contributed by atoms with E-state index in [4.69, 9.17) is 14.9 Å². The summed E-state index contributed by atoms with van der Waals surface area (Å²) in [5.74, 6) is -0.773. The van der Waals surface area contributed by atoms with E-state index >= 15 is 0 Å². The van der Waals surface area contributed by atoms with Crippen LogP contribution < -0.4 is 9.61 Å². The van der Waals surface area contributed by atoms with Gasteiger partial charge in [-0.2, -0.15) is 5.26 Å². The Balaban J connectivity index is 2.75. The van der Waals surface area contributed by atoms with Crippen LogP contribution in [-0.4, -0.2) is 17.2 Å². The molecule has 6 nitrogen and oxygen atoms in total.